The number of aldehydes is 1. The fourth-order valence-electron chi connectivity index (χ4n) is 3.92. The fraction of sp³-hybridized carbons (Fsp3) is 0.345. The molecule has 0 unspecified atom stereocenters. The molecule has 0 bridgehead atoms. The summed E-state index contributed by atoms with van der Waals surface area (Å²) in [7, 11) is 0. The Kier molecular flexibility index (Phi) is 10.9. The third kappa shape index (κ3) is 7.92. The Labute approximate surface area is 213 Å². The lowest BCUT2D eigenvalue weighted by Crippen LogP contribution is -2.18. The molecular formula is C29H37N5O2. The molecule has 0 aliphatic carbocycles. The molecule has 3 N–H and O–H groups in total. The predicted octanol–water partition coefficient (Wildman–Crippen LogP) is 5.84. The number of ether oxygens (including phenoxy) is 1. The van der Waals surface area contributed by atoms with E-state index in [1.807, 2.05) is 36.4 Å². The molecule has 3 rings (SSSR count). The number of carbonyl (C=O) groups is 1. The molecule has 1 atom stereocenters. The second kappa shape index (κ2) is 14.6. The summed E-state index contributed by atoms with van der Waals surface area (Å²) >= 11 is 0. The molecule has 0 fully saturated rings. The molecule has 190 valence electrons. The van der Waals surface area contributed by atoms with E-state index in [0.717, 1.165) is 84.5 Å². The zero-order chi connectivity index (χ0) is 25.6. The molecule has 0 aliphatic rings. The van der Waals surface area contributed by atoms with Crippen molar-refractivity contribution in [3.8, 4) is 17.0 Å². The van der Waals surface area contributed by atoms with E-state index < -0.39 is 0 Å². The number of H-pyrrole nitrogens is 1. The van der Waals surface area contributed by atoms with Crippen molar-refractivity contribution in [2.45, 2.75) is 45.1 Å². The quantitative estimate of drug-likeness (QED) is 0.126. The molecule has 7 nitrogen and oxygen atoms in total. The summed E-state index contributed by atoms with van der Waals surface area (Å²) in [5.74, 6) is 1.62. The maximum absolute atomic E-state index is 10.3. The highest BCUT2D eigenvalue weighted by Crippen LogP contribution is 2.28. The van der Waals surface area contributed by atoms with E-state index in [2.05, 4.69) is 51.7 Å². The van der Waals surface area contributed by atoms with E-state index in [0.29, 0.717) is 13.0 Å². The number of nitrogens with zero attached hydrogens (tertiary/aromatic N) is 2. The van der Waals surface area contributed by atoms with Gasteiger partial charge in [-0.1, -0.05) is 37.8 Å². The van der Waals surface area contributed by atoms with E-state index in [-0.39, 0.29) is 6.04 Å². The second-order valence-corrected chi connectivity index (χ2v) is 8.63. The van der Waals surface area contributed by atoms with Gasteiger partial charge in [-0.25, -0.2) is 9.97 Å². The molecule has 3 aromatic rings. The zero-order valence-electron chi connectivity index (χ0n) is 21.1. The highest BCUT2D eigenvalue weighted by molar-refractivity contribution is 5.91. The van der Waals surface area contributed by atoms with Crippen LogP contribution in [0.2, 0.25) is 0 Å². The summed E-state index contributed by atoms with van der Waals surface area (Å²) in [6.45, 7) is 12.3. The minimum Gasteiger partial charge on any atom is -0.494 e. The Bertz CT molecular complexity index is 1150. The number of unbranched alkanes of at least 4 members (excludes halogenated alkanes) is 3. The Morgan fingerprint density at radius 3 is 2.67 bits per heavy atom. The minimum atomic E-state index is 0.0250. The van der Waals surface area contributed by atoms with Crippen LogP contribution in [-0.4, -0.2) is 47.0 Å². The Morgan fingerprint density at radius 2 is 1.92 bits per heavy atom. The van der Waals surface area contributed by atoms with Crippen LogP contribution in [0.15, 0.2) is 73.6 Å². The molecule has 0 saturated carbocycles. The van der Waals surface area contributed by atoms with Crippen molar-refractivity contribution >= 4 is 23.1 Å². The Balaban J connectivity index is 1.52. The Morgan fingerprint density at radius 1 is 1.11 bits per heavy atom. The number of benzene rings is 1. The largest absolute Gasteiger partial charge is 0.494 e. The first-order chi connectivity index (χ1) is 17.7. The smallest absolute Gasteiger partial charge is 0.143 e. The maximum Gasteiger partial charge on any atom is 0.143 e. The van der Waals surface area contributed by atoms with Gasteiger partial charge in [0.25, 0.3) is 0 Å². The van der Waals surface area contributed by atoms with Gasteiger partial charge in [-0.3, -0.25) is 0 Å². The number of nitrogens with one attached hydrogen (secondary N) is 3. The molecule has 0 spiro atoms. The van der Waals surface area contributed by atoms with Crippen molar-refractivity contribution in [3.05, 3.63) is 73.6 Å². The first-order valence-corrected chi connectivity index (χ1v) is 12.6. The third-order valence-electron chi connectivity index (χ3n) is 5.93. The molecule has 36 heavy (non-hydrogen) atoms. The highest BCUT2D eigenvalue weighted by Gasteiger charge is 2.13. The molecule has 1 aromatic carbocycles. The second-order valence-electron chi connectivity index (χ2n) is 8.63. The number of rotatable bonds is 17. The zero-order valence-corrected chi connectivity index (χ0v) is 21.1. The summed E-state index contributed by atoms with van der Waals surface area (Å²) in [5, 5.41) is 7.80. The van der Waals surface area contributed by atoms with Crippen LogP contribution in [0.1, 0.15) is 39.0 Å². The van der Waals surface area contributed by atoms with Gasteiger partial charge in [0.2, 0.25) is 0 Å². The van der Waals surface area contributed by atoms with Crippen LogP contribution >= 0.6 is 0 Å². The molecule has 2 heterocycles. The summed E-state index contributed by atoms with van der Waals surface area (Å²) in [6, 6.07) is 10.2. The van der Waals surface area contributed by atoms with Crippen LogP contribution in [0.4, 0.5) is 5.82 Å². The van der Waals surface area contributed by atoms with Crippen LogP contribution in [0, 0.1) is 0 Å². The number of aromatic amines is 1. The van der Waals surface area contributed by atoms with Crippen LogP contribution in [0.5, 0.6) is 5.75 Å². The average molecular weight is 488 g/mol. The van der Waals surface area contributed by atoms with Crippen LogP contribution in [0.3, 0.4) is 0 Å². The van der Waals surface area contributed by atoms with Crippen molar-refractivity contribution in [1.29, 1.82) is 0 Å². The fourth-order valence-corrected chi connectivity index (χ4v) is 3.92. The van der Waals surface area contributed by atoms with Crippen molar-refractivity contribution < 1.29 is 9.53 Å². The van der Waals surface area contributed by atoms with Gasteiger partial charge in [-0.05, 0) is 80.7 Å². The van der Waals surface area contributed by atoms with Crippen molar-refractivity contribution in [2.75, 3.05) is 25.0 Å². The van der Waals surface area contributed by atoms with Gasteiger partial charge in [-0.15, -0.1) is 0 Å². The summed E-state index contributed by atoms with van der Waals surface area (Å²) in [4.78, 5) is 22.5. The average Bonchev–Trinajstić information content (AvgIpc) is 3.34. The molecule has 0 amide bonds. The minimum absolute atomic E-state index is 0.0250. The van der Waals surface area contributed by atoms with Crippen molar-refractivity contribution in [1.82, 2.24) is 20.3 Å². The van der Waals surface area contributed by atoms with Gasteiger partial charge in [0.1, 0.15) is 29.8 Å². The number of carbonyl (C=O) groups excluding carboxylic acids is 1. The summed E-state index contributed by atoms with van der Waals surface area (Å²) < 4.78 is 5.89. The SMILES string of the molecule is C=C/C=C(\C=C)[C@@H](C)Nc1ncnc2[nH]c(-c3ccc(OCCCNCCCCCC=O)cc3)cc12. The standard InChI is InChI=1S/C29H37N5O2/c1-4-11-23(5-2)22(3)33-28-26-20-27(34-29(26)32-21-31-28)24-12-14-25(15-13-24)36-19-10-17-30-16-8-6-7-9-18-35/h4-5,11-15,18,20-22,30H,1-2,6-10,16-17,19H2,3H3,(H2,31,32,33,34)/b23-11+/t22-/m1/s1. The van der Waals surface area contributed by atoms with Gasteiger partial charge in [0.05, 0.1) is 12.0 Å². The molecule has 0 aliphatic heterocycles. The Hall–Kier alpha value is -3.71. The van der Waals surface area contributed by atoms with Crippen molar-refractivity contribution in [2.24, 2.45) is 0 Å². The lowest BCUT2D eigenvalue weighted by Gasteiger charge is -2.15. The first kappa shape index (κ1) is 26.9. The van der Waals surface area contributed by atoms with Crippen molar-refractivity contribution in [3.63, 3.8) is 0 Å². The first-order valence-electron chi connectivity index (χ1n) is 12.6. The summed E-state index contributed by atoms with van der Waals surface area (Å²) in [6.07, 6.45) is 12.9. The van der Waals surface area contributed by atoms with Gasteiger partial charge in [0.15, 0.2) is 0 Å². The summed E-state index contributed by atoms with van der Waals surface area (Å²) in [5.41, 5.74) is 3.83. The highest BCUT2D eigenvalue weighted by atomic mass is 16.5. The van der Waals surface area contributed by atoms with Crippen LogP contribution < -0.4 is 15.4 Å². The van der Waals surface area contributed by atoms with Gasteiger partial charge < -0.3 is 25.1 Å². The van der Waals surface area contributed by atoms with E-state index in [9.17, 15) is 4.79 Å². The van der Waals surface area contributed by atoms with Gasteiger partial charge >= 0.3 is 0 Å². The van der Waals surface area contributed by atoms with E-state index in [1.165, 1.54) is 0 Å². The molecule has 0 radical (unpaired) electrons. The van der Waals surface area contributed by atoms with Gasteiger partial charge in [0, 0.05) is 18.2 Å². The topological polar surface area (TPSA) is 91.9 Å². The van der Waals surface area contributed by atoms with Crippen LogP contribution in [0.25, 0.3) is 22.3 Å². The van der Waals surface area contributed by atoms with Crippen LogP contribution in [-0.2, 0) is 4.79 Å². The number of hydrogen-bond acceptors (Lipinski definition) is 6. The molecule has 0 saturated heterocycles. The molecule has 7 heteroatoms. The molecule has 2 aromatic heterocycles. The number of allylic oxidation sites excluding steroid dienone is 2. The maximum atomic E-state index is 10.3. The van der Waals surface area contributed by atoms with E-state index >= 15 is 0 Å². The third-order valence-corrected chi connectivity index (χ3v) is 5.93. The predicted molar refractivity (Wildman–Crippen MR) is 148 cm³/mol. The van der Waals surface area contributed by atoms with E-state index in [1.54, 1.807) is 12.4 Å². The van der Waals surface area contributed by atoms with E-state index in [4.69, 9.17) is 4.74 Å². The normalized spacial score (nSPS) is 12.3. The monoisotopic (exact) mass is 487 g/mol. The number of anilines is 1. The lowest BCUT2D eigenvalue weighted by atomic mass is 10.1. The van der Waals surface area contributed by atoms with Gasteiger partial charge in [-0.2, -0.15) is 0 Å². The lowest BCUT2D eigenvalue weighted by molar-refractivity contribution is -0.107. The molecular weight excluding hydrogens is 450 g/mol. The number of aromatic nitrogens is 3. The number of hydrogen-bond donors (Lipinski definition) is 3. The number of fused-ring (bicyclic) bond motifs is 1.